The van der Waals surface area contributed by atoms with Crippen LogP contribution in [0.3, 0.4) is 0 Å². The van der Waals surface area contributed by atoms with E-state index < -0.39 is 12.1 Å². The number of aromatic nitrogens is 2. The van der Waals surface area contributed by atoms with Crippen LogP contribution >= 0.6 is 0 Å². The molecule has 2 aromatic heterocycles. The molecule has 1 aromatic carbocycles. The van der Waals surface area contributed by atoms with Crippen molar-refractivity contribution in [1.29, 1.82) is 5.26 Å². The molecule has 2 heterocycles. The standard InChI is InChI=1S/C18H18N4.C2HF3O2/c1-3-21(4-2)16-8-6-15(7-9-16)17-13-22-12-14(11-19)5-10-18(22)20-17;3-2(4,5)1(6)7/h5-10,12-13H,3-4H2,1-2H3;(H,6,7). The molecule has 0 saturated heterocycles. The number of aliphatic carboxylic acids is 1. The fourth-order valence-electron chi connectivity index (χ4n) is 2.63. The van der Waals surface area contributed by atoms with Gasteiger partial charge in [-0.3, -0.25) is 0 Å². The number of benzene rings is 1. The van der Waals surface area contributed by atoms with Gasteiger partial charge in [0.15, 0.2) is 0 Å². The number of nitrogens with zero attached hydrogens (tertiary/aromatic N) is 4. The minimum Gasteiger partial charge on any atom is -0.475 e. The first-order valence-electron chi connectivity index (χ1n) is 8.74. The van der Waals surface area contributed by atoms with E-state index in [1.54, 1.807) is 12.3 Å². The molecule has 0 atom stereocenters. The highest BCUT2D eigenvalue weighted by molar-refractivity contribution is 5.73. The summed E-state index contributed by atoms with van der Waals surface area (Å²) in [5, 5.41) is 16.1. The van der Waals surface area contributed by atoms with E-state index >= 15 is 0 Å². The molecule has 0 aliphatic carbocycles. The predicted molar refractivity (Wildman–Crippen MR) is 103 cm³/mol. The van der Waals surface area contributed by atoms with E-state index in [1.807, 2.05) is 16.7 Å². The van der Waals surface area contributed by atoms with Gasteiger partial charge in [0.25, 0.3) is 0 Å². The van der Waals surface area contributed by atoms with Crippen molar-refractivity contribution in [1.82, 2.24) is 9.38 Å². The molecule has 0 amide bonds. The van der Waals surface area contributed by atoms with Crippen molar-refractivity contribution in [2.24, 2.45) is 0 Å². The molecule has 0 spiro atoms. The van der Waals surface area contributed by atoms with Gasteiger partial charge in [0.1, 0.15) is 11.7 Å². The number of anilines is 1. The Hall–Kier alpha value is -3.54. The van der Waals surface area contributed by atoms with Gasteiger partial charge in [0.2, 0.25) is 0 Å². The Morgan fingerprint density at radius 2 is 1.72 bits per heavy atom. The zero-order chi connectivity index (χ0) is 21.6. The van der Waals surface area contributed by atoms with Crippen molar-refractivity contribution in [3.8, 4) is 17.3 Å². The average Bonchev–Trinajstić information content (AvgIpc) is 3.12. The maximum absolute atomic E-state index is 10.6. The molecule has 0 aliphatic rings. The highest BCUT2D eigenvalue weighted by atomic mass is 19.4. The van der Waals surface area contributed by atoms with Gasteiger partial charge in [0, 0.05) is 36.7 Å². The fraction of sp³-hybridized carbons (Fsp3) is 0.250. The number of nitriles is 1. The number of carbonyl (C=O) groups is 1. The molecule has 0 radical (unpaired) electrons. The number of carboxylic acids is 1. The lowest BCUT2D eigenvalue weighted by Crippen LogP contribution is -2.21. The summed E-state index contributed by atoms with van der Waals surface area (Å²) in [6.45, 7) is 6.32. The van der Waals surface area contributed by atoms with Gasteiger partial charge >= 0.3 is 12.1 Å². The van der Waals surface area contributed by atoms with Gasteiger partial charge in [-0.1, -0.05) is 12.1 Å². The molecule has 152 valence electrons. The lowest BCUT2D eigenvalue weighted by Gasteiger charge is -2.20. The number of imidazole rings is 1. The number of fused-ring (bicyclic) bond motifs is 1. The quantitative estimate of drug-likeness (QED) is 0.699. The molecule has 3 aromatic rings. The van der Waals surface area contributed by atoms with Crippen molar-refractivity contribution in [3.63, 3.8) is 0 Å². The van der Waals surface area contributed by atoms with E-state index in [9.17, 15) is 13.2 Å². The van der Waals surface area contributed by atoms with Crippen molar-refractivity contribution in [3.05, 3.63) is 54.4 Å². The molecular weight excluding hydrogens is 385 g/mol. The van der Waals surface area contributed by atoms with Crippen LogP contribution in [0.15, 0.2) is 48.8 Å². The second kappa shape index (κ2) is 9.10. The summed E-state index contributed by atoms with van der Waals surface area (Å²) < 4.78 is 33.6. The Balaban J connectivity index is 0.000000370. The number of hydrogen-bond acceptors (Lipinski definition) is 4. The van der Waals surface area contributed by atoms with Crippen LogP contribution in [0.1, 0.15) is 19.4 Å². The van der Waals surface area contributed by atoms with Crippen LogP contribution in [0.4, 0.5) is 18.9 Å². The molecule has 0 unspecified atom stereocenters. The van der Waals surface area contributed by atoms with Crippen LogP contribution in [0.25, 0.3) is 16.9 Å². The summed E-state index contributed by atoms with van der Waals surface area (Å²) in [6, 6.07) is 14.3. The number of halogens is 3. The smallest absolute Gasteiger partial charge is 0.475 e. The lowest BCUT2D eigenvalue weighted by molar-refractivity contribution is -0.192. The number of rotatable bonds is 4. The summed E-state index contributed by atoms with van der Waals surface area (Å²) >= 11 is 0. The third-order valence-corrected chi connectivity index (χ3v) is 4.11. The predicted octanol–water partition coefficient (Wildman–Crippen LogP) is 4.35. The molecule has 1 N–H and O–H groups in total. The maximum atomic E-state index is 10.6. The zero-order valence-electron chi connectivity index (χ0n) is 15.8. The van der Waals surface area contributed by atoms with Gasteiger partial charge in [0.05, 0.1) is 11.3 Å². The normalized spacial score (nSPS) is 10.8. The first kappa shape index (κ1) is 21.8. The van der Waals surface area contributed by atoms with E-state index in [-0.39, 0.29) is 0 Å². The van der Waals surface area contributed by atoms with E-state index in [4.69, 9.17) is 15.2 Å². The van der Waals surface area contributed by atoms with Crippen LogP contribution in [-0.2, 0) is 4.79 Å². The highest BCUT2D eigenvalue weighted by Gasteiger charge is 2.38. The summed E-state index contributed by atoms with van der Waals surface area (Å²) in [7, 11) is 0. The van der Waals surface area contributed by atoms with Crippen molar-refractivity contribution in [2.45, 2.75) is 20.0 Å². The van der Waals surface area contributed by atoms with Crippen LogP contribution in [0.5, 0.6) is 0 Å². The van der Waals surface area contributed by atoms with Crippen molar-refractivity contribution in [2.75, 3.05) is 18.0 Å². The first-order valence-corrected chi connectivity index (χ1v) is 8.74. The van der Waals surface area contributed by atoms with Crippen molar-refractivity contribution >= 4 is 17.3 Å². The van der Waals surface area contributed by atoms with Crippen LogP contribution < -0.4 is 4.90 Å². The molecule has 0 fully saturated rings. The molecule has 0 bridgehead atoms. The SMILES string of the molecule is CCN(CC)c1ccc(-c2cn3cc(C#N)ccc3n2)cc1.O=C(O)C(F)(F)F. The Morgan fingerprint density at radius 1 is 1.14 bits per heavy atom. The van der Waals surface area contributed by atoms with E-state index in [0.717, 1.165) is 30.0 Å². The van der Waals surface area contributed by atoms with Gasteiger partial charge < -0.3 is 14.4 Å². The topological polar surface area (TPSA) is 81.6 Å². The Bertz CT molecular complexity index is 1020. The Kier molecular flexibility index (Phi) is 6.83. The minimum absolute atomic E-state index is 0.633. The largest absolute Gasteiger partial charge is 0.490 e. The lowest BCUT2D eigenvalue weighted by atomic mass is 10.1. The van der Waals surface area contributed by atoms with Crippen LogP contribution in [0.2, 0.25) is 0 Å². The van der Waals surface area contributed by atoms with Crippen LogP contribution in [-0.4, -0.2) is 39.7 Å². The molecular formula is C20H19F3N4O2. The van der Waals surface area contributed by atoms with Gasteiger partial charge in [-0.2, -0.15) is 18.4 Å². The fourth-order valence-corrected chi connectivity index (χ4v) is 2.63. The van der Waals surface area contributed by atoms with E-state index in [1.165, 1.54) is 5.69 Å². The zero-order valence-corrected chi connectivity index (χ0v) is 15.8. The van der Waals surface area contributed by atoms with Gasteiger partial charge in [-0.15, -0.1) is 0 Å². The average molecular weight is 404 g/mol. The summed E-state index contributed by atoms with van der Waals surface area (Å²) in [4.78, 5) is 15.8. The molecule has 9 heteroatoms. The molecule has 6 nitrogen and oxygen atoms in total. The summed E-state index contributed by atoms with van der Waals surface area (Å²) in [5.41, 5.74) is 4.71. The molecule has 29 heavy (non-hydrogen) atoms. The molecule has 3 rings (SSSR count). The number of pyridine rings is 1. The van der Waals surface area contributed by atoms with E-state index in [0.29, 0.717) is 5.56 Å². The van der Waals surface area contributed by atoms with Gasteiger partial charge in [-0.05, 0) is 38.1 Å². The number of alkyl halides is 3. The Labute approximate surface area is 165 Å². The second-order valence-corrected chi connectivity index (χ2v) is 5.94. The molecule has 0 aliphatic heterocycles. The van der Waals surface area contributed by atoms with Crippen LogP contribution in [0, 0.1) is 11.3 Å². The van der Waals surface area contributed by atoms with E-state index in [2.05, 4.69) is 54.1 Å². The van der Waals surface area contributed by atoms with Gasteiger partial charge in [-0.25, -0.2) is 9.78 Å². The second-order valence-electron chi connectivity index (χ2n) is 5.94. The summed E-state index contributed by atoms with van der Waals surface area (Å²) in [5.74, 6) is -2.76. The monoisotopic (exact) mass is 404 g/mol. The maximum Gasteiger partial charge on any atom is 0.490 e. The minimum atomic E-state index is -5.08. The Morgan fingerprint density at radius 3 is 2.21 bits per heavy atom. The number of carboxylic acid groups (broad SMARTS) is 1. The third-order valence-electron chi connectivity index (χ3n) is 4.11. The third kappa shape index (κ3) is 5.48. The highest BCUT2D eigenvalue weighted by Crippen LogP contribution is 2.23. The number of hydrogen-bond donors (Lipinski definition) is 1. The van der Waals surface area contributed by atoms with Crippen molar-refractivity contribution < 1.29 is 23.1 Å². The first-order chi connectivity index (χ1) is 13.7. The summed E-state index contributed by atoms with van der Waals surface area (Å²) in [6.07, 6.45) is -1.32. The molecule has 0 saturated carbocycles.